The number of nitrogens with zero attached hydrogens (tertiary/aromatic N) is 1. The van der Waals surface area contributed by atoms with E-state index in [2.05, 4.69) is 29.6 Å². The van der Waals surface area contributed by atoms with Crippen LogP contribution in [0.4, 0.5) is 4.79 Å². The van der Waals surface area contributed by atoms with Gasteiger partial charge in [0.15, 0.2) is 0 Å². The molecule has 1 saturated carbocycles. The molecule has 2 aromatic carbocycles. The predicted octanol–water partition coefficient (Wildman–Crippen LogP) is 4.26. The van der Waals surface area contributed by atoms with E-state index in [1.807, 2.05) is 31.2 Å². The molecule has 2 fully saturated rings. The number of nitrogens with one attached hydrogen (secondary N) is 1. The monoisotopic (exact) mass is 476 g/mol. The number of aliphatic carboxylic acids is 1. The highest BCUT2D eigenvalue weighted by molar-refractivity contribution is 5.82. The number of fused-ring (bicyclic) bond motifs is 3. The number of alkyl carbamates (subject to hydrolysis) is 1. The lowest BCUT2D eigenvalue weighted by atomic mass is 9.95. The molecule has 2 aliphatic carbocycles. The number of carboxylic acids is 1. The lowest BCUT2D eigenvalue weighted by molar-refractivity contribution is -0.139. The average Bonchev–Trinajstić information content (AvgIpc) is 3.53. The predicted molar refractivity (Wildman–Crippen MR) is 131 cm³/mol. The van der Waals surface area contributed by atoms with E-state index in [4.69, 9.17) is 9.84 Å². The summed E-state index contributed by atoms with van der Waals surface area (Å²) >= 11 is 0. The van der Waals surface area contributed by atoms with Crippen LogP contribution in [0.15, 0.2) is 48.5 Å². The molecule has 1 heterocycles. The number of likely N-dealkylation sites (tertiary alicyclic amines) is 1. The molecule has 7 nitrogen and oxygen atoms in total. The standard InChI is InChI=1S/C28H32N2O5/c1-17-14-30(15-18(17)13-26(31)32)27(33)23-11-6-12-25(23)29-28(34)35-16-24-21-9-4-2-7-19(21)20-8-3-5-10-22(20)24/h2-5,7-10,17-18,23-25H,6,11-16H2,1H3,(H,29,34)(H,31,32)/t17-,18-,23?,25?/m1/s1. The van der Waals surface area contributed by atoms with Gasteiger partial charge in [-0.1, -0.05) is 61.9 Å². The fourth-order valence-corrected chi connectivity index (χ4v) is 6.16. The minimum Gasteiger partial charge on any atom is -0.481 e. The Labute approximate surface area is 205 Å². The Hall–Kier alpha value is -3.35. The normalized spacial score (nSPS) is 25.2. The third-order valence-electron chi connectivity index (χ3n) is 8.00. The second kappa shape index (κ2) is 9.72. The second-order valence-corrected chi connectivity index (χ2v) is 10.2. The van der Waals surface area contributed by atoms with Gasteiger partial charge in [-0.3, -0.25) is 9.59 Å². The summed E-state index contributed by atoms with van der Waals surface area (Å²) in [5.74, 6) is -0.966. The first-order valence-corrected chi connectivity index (χ1v) is 12.5. The van der Waals surface area contributed by atoms with Crippen molar-refractivity contribution in [1.82, 2.24) is 10.2 Å². The van der Waals surface area contributed by atoms with E-state index in [9.17, 15) is 14.4 Å². The summed E-state index contributed by atoms with van der Waals surface area (Å²) in [6, 6.07) is 16.2. The zero-order chi connectivity index (χ0) is 24.5. The zero-order valence-corrected chi connectivity index (χ0v) is 20.0. The molecule has 2 aromatic rings. The van der Waals surface area contributed by atoms with Crippen LogP contribution in [0, 0.1) is 17.8 Å². The van der Waals surface area contributed by atoms with Crippen molar-refractivity contribution >= 4 is 18.0 Å². The van der Waals surface area contributed by atoms with Crippen molar-refractivity contribution in [2.24, 2.45) is 17.8 Å². The minimum atomic E-state index is -0.827. The van der Waals surface area contributed by atoms with Crippen molar-refractivity contribution in [3.63, 3.8) is 0 Å². The summed E-state index contributed by atoms with van der Waals surface area (Å²) in [5.41, 5.74) is 4.68. The number of amides is 2. The number of carbonyl (C=O) groups is 3. The SMILES string of the molecule is C[C@@H]1CN(C(=O)C2CCCC2NC(=O)OCC2c3ccccc3-c3ccccc32)C[C@H]1CC(=O)O. The van der Waals surface area contributed by atoms with Crippen molar-refractivity contribution in [2.45, 2.75) is 44.6 Å². The third kappa shape index (κ3) is 4.64. The van der Waals surface area contributed by atoms with Crippen molar-refractivity contribution in [2.75, 3.05) is 19.7 Å². The van der Waals surface area contributed by atoms with E-state index in [0.717, 1.165) is 30.4 Å². The number of benzene rings is 2. The zero-order valence-electron chi connectivity index (χ0n) is 20.0. The molecular formula is C28H32N2O5. The van der Waals surface area contributed by atoms with E-state index in [0.29, 0.717) is 13.1 Å². The van der Waals surface area contributed by atoms with Crippen molar-refractivity contribution < 1.29 is 24.2 Å². The van der Waals surface area contributed by atoms with E-state index >= 15 is 0 Å². The summed E-state index contributed by atoms with van der Waals surface area (Å²) in [7, 11) is 0. The molecule has 3 aliphatic rings. The largest absolute Gasteiger partial charge is 0.481 e. The first-order chi connectivity index (χ1) is 16.9. The topological polar surface area (TPSA) is 95.9 Å². The van der Waals surface area contributed by atoms with Crippen LogP contribution in [0.2, 0.25) is 0 Å². The molecule has 0 radical (unpaired) electrons. The average molecular weight is 477 g/mol. The van der Waals surface area contributed by atoms with Crippen LogP contribution in [-0.2, 0) is 14.3 Å². The molecule has 2 unspecified atom stereocenters. The Morgan fingerprint density at radius 1 is 1.00 bits per heavy atom. The van der Waals surface area contributed by atoms with Gasteiger partial charge in [0, 0.05) is 25.0 Å². The molecule has 5 rings (SSSR count). The Morgan fingerprint density at radius 3 is 2.31 bits per heavy atom. The summed E-state index contributed by atoms with van der Waals surface area (Å²) in [5, 5.41) is 12.1. The fourth-order valence-electron chi connectivity index (χ4n) is 6.16. The van der Waals surface area contributed by atoms with Gasteiger partial charge in [-0.15, -0.1) is 0 Å². The van der Waals surface area contributed by atoms with Crippen LogP contribution >= 0.6 is 0 Å². The van der Waals surface area contributed by atoms with Gasteiger partial charge < -0.3 is 20.1 Å². The molecule has 2 N–H and O–H groups in total. The number of hydrogen-bond donors (Lipinski definition) is 2. The van der Waals surface area contributed by atoms with Gasteiger partial charge in [-0.2, -0.15) is 0 Å². The van der Waals surface area contributed by atoms with Crippen molar-refractivity contribution in [3.8, 4) is 11.1 Å². The Balaban J connectivity index is 1.19. The number of hydrogen-bond acceptors (Lipinski definition) is 4. The summed E-state index contributed by atoms with van der Waals surface area (Å²) < 4.78 is 5.69. The molecule has 35 heavy (non-hydrogen) atoms. The smallest absolute Gasteiger partial charge is 0.407 e. The highest BCUT2D eigenvalue weighted by Gasteiger charge is 2.41. The summed E-state index contributed by atoms with van der Waals surface area (Å²) in [6.45, 7) is 3.29. The molecule has 2 amide bonds. The third-order valence-corrected chi connectivity index (χ3v) is 8.00. The molecule has 0 spiro atoms. The minimum absolute atomic E-state index is 0.00795. The van der Waals surface area contributed by atoms with Gasteiger partial charge in [0.1, 0.15) is 6.61 Å². The molecule has 0 bridgehead atoms. The summed E-state index contributed by atoms with van der Waals surface area (Å²) in [4.78, 5) is 38.9. The van der Waals surface area contributed by atoms with E-state index in [-0.39, 0.29) is 48.6 Å². The number of carbonyl (C=O) groups excluding carboxylic acids is 2. The van der Waals surface area contributed by atoms with Crippen LogP contribution in [0.5, 0.6) is 0 Å². The lowest BCUT2D eigenvalue weighted by Crippen LogP contribution is -2.45. The molecule has 1 saturated heterocycles. The van der Waals surface area contributed by atoms with Gasteiger partial charge in [0.2, 0.25) is 5.91 Å². The number of ether oxygens (including phenoxy) is 1. The maximum atomic E-state index is 13.2. The maximum absolute atomic E-state index is 13.2. The van der Waals surface area contributed by atoms with E-state index in [1.54, 1.807) is 4.90 Å². The van der Waals surface area contributed by atoms with Gasteiger partial charge in [-0.25, -0.2) is 4.79 Å². The van der Waals surface area contributed by atoms with Gasteiger partial charge in [0.05, 0.1) is 12.3 Å². The molecule has 0 aromatic heterocycles. The van der Waals surface area contributed by atoms with Crippen LogP contribution < -0.4 is 5.32 Å². The van der Waals surface area contributed by atoms with E-state index < -0.39 is 12.1 Å². The molecule has 7 heteroatoms. The fraction of sp³-hybridized carbons (Fsp3) is 0.464. The van der Waals surface area contributed by atoms with Gasteiger partial charge >= 0.3 is 12.1 Å². The highest BCUT2D eigenvalue weighted by Crippen LogP contribution is 2.44. The Bertz CT molecular complexity index is 1090. The Kier molecular flexibility index (Phi) is 6.50. The van der Waals surface area contributed by atoms with Crippen LogP contribution in [0.1, 0.15) is 49.7 Å². The molecule has 4 atom stereocenters. The molecular weight excluding hydrogens is 444 g/mol. The quantitative estimate of drug-likeness (QED) is 0.649. The first-order valence-electron chi connectivity index (χ1n) is 12.5. The lowest BCUT2D eigenvalue weighted by Gasteiger charge is -2.26. The molecule has 1 aliphatic heterocycles. The Morgan fingerprint density at radius 2 is 1.66 bits per heavy atom. The highest BCUT2D eigenvalue weighted by atomic mass is 16.5. The first kappa shape index (κ1) is 23.4. The van der Waals surface area contributed by atoms with Crippen molar-refractivity contribution in [1.29, 1.82) is 0 Å². The van der Waals surface area contributed by atoms with E-state index in [1.165, 1.54) is 11.1 Å². The summed E-state index contributed by atoms with van der Waals surface area (Å²) in [6.07, 6.45) is 1.92. The van der Waals surface area contributed by atoms with Gasteiger partial charge in [0.25, 0.3) is 0 Å². The van der Waals surface area contributed by atoms with Crippen LogP contribution in [-0.4, -0.2) is 53.7 Å². The molecule has 184 valence electrons. The van der Waals surface area contributed by atoms with Gasteiger partial charge in [-0.05, 0) is 46.9 Å². The number of rotatable bonds is 6. The number of carboxylic acid groups (broad SMARTS) is 1. The van der Waals surface area contributed by atoms with Crippen LogP contribution in [0.25, 0.3) is 11.1 Å². The maximum Gasteiger partial charge on any atom is 0.407 e. The van der Waals surface area contributed by atoms with Crippen LogP contribution in [0.3, 0.4) is 0 Å². The van der Waals surface area contributed by atoms with Crippen molar-refractivity contribution in [3.05, 3.63) is 59.7 Å². The second-order valence-electron chi connectivity index (χ2n) is 10.2.